The van der Waals surface area contributed by atoms with Crippen LogP contribution in [0.3, 0.4) is 0 Å². The molecule has 0 aliphatic heterocycles. The summed E-state index contributed by atoms with van der Waals surface area (Å²) in [4.78, 5) is 29.4. The number of hydrogen-bond acceptors (Lipinski definition) is 4. The number of H-pyrrole nitrogens is 1. The van der Waals surface area contributed by atoms with Gasteiger partial charge in [-0.25, -0.2) is 0 Å². The number of Topliss-reactive ketones (excluding diaryl/α,β-unsaturated/α-hetero) is 2. The van der Waals surface area contributed by atoms with Crippen LogP contribution in [0.1, 0.15) is 51.7 Å². The van der Waals surface area contributed by atoms with Crippen LogP contribution in [0.2, 0.25) is 0 Å². The van der Waals surface area contributed by atoms with Gasteiger partial charge in [0.2, 0.25) is 0 Å². The lowest BCUT2D eigenvalue weighted by atomic mass is 10.0. The summed E-state index contributed by atoms with van der Waals surface area (Å²) in [6, 6.07) is 3.39. The highest BCUT2D eigenvalue weighted by atomic mass is 16.3. The molecule has 2 aromatic rings. The summed E-state index contributed by atoms with van der Waals surface area (Å²) in [5.41, 5.74) is 2.60. The monoisotopic (exact) mass is 302 g/mol. The van der Waals surface area contributed by atoms with Crippen molar-refractivity contribution in [3.8, 4) is 0 Å². The average Bonchev–Trinajstić information content (AvgIpc) is 3.05. The maximum Gasteiger partial charge on any atom is 0.196 e. The van der Waals surface area contributed by atoms with E-state index in [0.29, 0.717) is 17.8 Å². The molecule has 0 spiro atoms. The summed E-state index contributed by atoms with van der Waals surface area (Å²) >= 11 is 0. The molecule has 2 aromatic heterocycles. The van der Waals surface area contributed by atoms with Crippen LogP contribution >= 0.6 is 0 Å². The molecule has 0 saturated heterocycles. The van der Waals surface area contributed by atoms with E-state index in [1.807, 2.05) is 44.9 Å². The minimum atomic E-state index is -0.318. The van der Waals surface area contributed by atoms with E-state index >= 15 is 0 Å². The third-order valence-electron chi connectivity index (χ3n) is 4.06. The summed E-state index contributed by atoms with van der Waals surface area (Å²) in [5, 5.41) is 0. The van der Waals surface area contributed by atoms with Crippen LogP contribution in [0.4, 0.5) is 0 Å². The van der Waals surface area contributed by atoms with Crippen molar-refractivity contribution in [2.75, 3.05) is 7.05 Å². The molecular weight excluding hydrogens is 280 g/mol. The molecule has 0 fully saturated rings. The predicted octanol–water partition coefficient (Wildman–Crippen LogP) is 3.13. The zero-order chi connectivity index (χ0) is 16.4. The fourth-order valence-corrected chi connectivity index (χ4v) is 2.72. The maximum absolute atomic E-state index is 12.7. The molecule has 2 rings (SSSR count). The van der Waals surface area contributed by atoms with Crippen LogP contribution in [0.5, 0.6) is 0 Å². The topological polar surface area (TPSA) is 66.3 Å². The van der Waals surface area contributed by atoms with Gasteiger partial charge in [-0.3, -0.25) is 14.5 Å². The quantitative estimate of drug-likeness (QED) is 0.833. The number of aromatic nitrogens is 1. The van der Waals surface area contributed by atoms with Gasteiger partial charge in [-0.1, -0.05) is 0 Å². The van der Waals surface area contributed by atoms with Crippen molar-refractivity contribution in [1.29, 1.82) is 0 Å². The van der Waals surface area contributed by atoms with Gasteiger partial charge in [0.05, 0.1) is 24.5 Å². The number of carbonyl (C=O) groups excluding carboxylic acids is 2. The Bertz CT molecular complexity index is 683. The third kappa shape index (κ3) is 3.04. The first-order valence-electron chi connectivity index (χ1n) is 7.29. The molecule has 118 valence electrons. The largest absolute Gasteiger partial charge is 0.468 e. The molecule has 1 N–H and O–H groups in total. The van der Waals surface area contributed by atoms with E-state index in [1.54, 1.807) is 6.26 Å². The number of nitrogens with zero attached hydrogens (tertiary/aromatic N) is 1. The Morgan fingerprint density at radius 2 is 2.05 bits per heavy atom. The van der Waals surface area contributed by atoms with Gasteiger partial charge in [-0.15, -0.1) is 0 Å². The van der Waals surface area contributed by atoms with E-state index in [0.717, 1.165) is 17.0 Å². The molecule has 0 aliphatic carbocycles. The van der Waals surface area contributed by atoms with Crippen LogP contribution in [-0.4, -0.2) is 34.5 Å². The van der Waals surface area contributed by atoms with Crippen LogP contribution in [0, 0.1) is 13.8 Å². The second kappa shape index (κ2) is 6.32. The molecule has 0 unspecified atom stereocenters. The Kier molecular flexibility index (Phi) is 4.66. The highest BCUT2D eigenvalue weighted by Crippen LogP contribution is 2.21. The number of aryl methyl sites for hydroxylation is 1. The lowest BCUT2D eigenvalue weighted by Crippen LogP contribution is -2.36. The molecule has 0 aromatic carbocycles. The normalized spacial score (nSPS) is 12.6. The lowest BCUT2D eigenvalue weighted by Gasteiger charge is -2.22. The minimum Gasteiger partial charge on any atom is -0.468 e. The molecule has 5 heteroatoms. The first-order valence-corrected chi connectivity index (χ1v) is 7.29. The number of aromatic amines is 1. The van der Waals surface area contributed by atoms with E-state index in [2.05, 4.69) is 4.98 Å². The third-order valence-corrected chi connectivity index (χ3v) is 4.06. The Morgan fingerprint density at radius 1 is 1.36 bits per heavy atom. The molecule has 0 bridgehead atoms. The van der Waals surface area contributed by atoms with Gasteiger partial charge in [0, 0.05) is 11.3 Å². The Labute approximate surface area is 130 Å². The highest BCUT2D eigenvalue weighted by molar-refractivity contribution is 6.05. The minimum absolute atomic E-state index is 0.0258. The molecule has 0 radical (unpaired) electrons. The van der Waals surface area contributed by atoms with E-state index in [1.165, 1.54) is 6.92 Å². The SMILES string of the molecule is CC(=O)c1c(C)[nH]c(C(=O)[C@@H](C)N(C)Cc2ccco2)c1C. The summed E-state index contributed by atoms with van der Waals surface area (Å²) in [6.45, 7) is 7.56. The van der Waals surface area contributed by atoms with Crippen molar-refractivity contribution in [2.24, 2.45) is 0 Å². The molecule has 22 heavy (non-hydrogen) atoms. The molecule has 0 amide bonds. The number of nitrogens with one attached hydrogen (secondary N) is 1. The van der Waals surface area contributed by atoms with E-state index < -0.39 is 0 Å². The molecule has 0 aliphatic rings. The maximum atomic E-state index is 12.7. The van der Waals surface area contributed by atoms with Crippen molar-refractivity contribution in [3.63, 3.8) is 0 Å². The fourth-order valence-electron chi connectivity index (χ4n) is 2.72. The van der Waals surface area contributed by atoms with Crippen molar-refractivity contribution >= 4 is 11.6 Å². The molecule has 5 nitrogen and oxygen atoms in total. The molecule has 0 saturated carbocycles. The van der Waals surface area contributed by atoms with Crippen molar-refractivity contribution < 1.29 is 14.0 Å². The van der Waals surface area contributed by atoms with Gasteiger partial charge < -0.3 is 9.40 Å². The zero-order valence-electron chi connectivity index (χ0n) is 13.7. The number of ketones is 2. The van der Waals surface area contributed by atoms with Gasteiger partial charge in [-0.2, -0.15) is 0 Å². The molecule has 1 atom stereocenters. The average molecular weight is 302 g/mol. The Balaban J connectivity index is 2.20. The first kappa shape index (κ1) is 16.2. The zero-order valence-corrected chi connectivity index (χ0v) is 13.7. The van der Waals surface area contributed by atoms with Gasteiger partial charge in [0.1, 0.15) is 5.76 Å². The van der Waals surface area contributed by atoms with Crippen molar-refractivity contribution in [3.05, 3.63) is 46.7 Å². The first-order chi connectivity index (χ1) is 10.3. The number of furan rings is 1. The van der Waals surface area contributed by atoms with Crippen LogP contribution in [0.25, 0.3) is 0 Å². The highest BCUT2D eigenvalue weighted by Gasteiger charge is 2.26. The van der Waals surface area contributed by atoms with Crippen LogP contribution in [-0.2, 0) is 6.54 Å². The predicted molar refractivity (Wildman–Crippen MR) is 84.2 cm³/mol. The van der Waals surface area contributed by atoms with E-state index in [9.17, 15) is 9.59 Å². The second-order valence-electron chi connectivity index (χ2n) is 5.72. The summed E-state index contributed by atoms with van der Waals surface area (Å²) < 4.78 is 5.31. The van der Waals surface area contributed by atoms with Gasteiger partial charge in [0.15, 0.2) is 11.6 Å². The van der Waals surface area contributed by atoms with Gasteiger partial charge >= 0.3 is 0 Å². The van der Waals surface area contributed by atoms with E-state index in [-0.39, 0.29) is 17.6 Å². The Morgan fingerprint density at radius 3 is 2.55 bits per heavy atom. The summed E-state index contributed by atoms with van der Waals surface area (Å²) in [5.74, 6) is 0.759. The standard InChI is InChI=1S/C17H22N2O3/c1-10-15(13(4)20)11(2)18-16(10)17(21)12(3)19(5)9-14-7-6-8-22-14/h6-8,12,18H,9H2,1-5H3/t12-/m1/s1. The molecular formula is C17H22N2O3. The number of carbonyl (C=O) groups is 2. The number of likely N-dealkylation sites (N-methyl/N-ethyl adjacent to an activating group) is 1. The fraction of sp³-hybridized carbons (Fsp3) is 0.412. The van der Waals surface area contributed by atoms with E-state index in [4.69, 9.17) is 4.42 Å². The number of rotatable bonds is 6. The molecule has 2 heterocycles. The van der Waals surface area contributed by atoms with Crippen LogP contribution < -0.4 is 0 Å². The smallest absolute Gasteiger partial charge is 0.196 e. The number of hydrogen-bond donors (Lipinski definition) is 1. The Hall–Kier alpha value is -2.14. The second-order valence-corrected chi connectivity index (χ2v) is 5.72. The van der Waals surface area contributed by atoms with Crippen LogP contribution in [0.15, 0.2) is 22.8 Å². The summed E-state index contributed by atoms with van der Waals surface area (Å²) in [7, 11) is 1.88. The van der Waals surface area contributed by atoms with Gasteiger partial charge in [-0.05, 0) is 52.4 Å². The van der Waals surface area contributed by atoms with Crippen molar-refractivity contribution in [2.45, 2.75) is 40.3 Å². The summed E-state index contributed by atoms with van der Waals surface area (Å²) in [6.07, 6.45) is 1.62. The lowest BCUT2D eigenvalue weighted by molar-refractivity contribution is 0.0850. The van der Waals surface area contributed by atoms with Gasteiger partial charge in [0.25, 0.3) is 0 Å². The van der Waals surface area contributed by atoms with Crippen molar-refractivity contribution in [1.82, 2.24) is 9.88 Å².